The molecule has 4 N–H and O–H groups in total. The maximum absolute atomic E-state index is 10.9. The van der Waals surface area contributed by atoms with Crippen molar-refractivity contribution in [3.63, 3.8) is 0 Å². The molecular formula is C19H18N4O7. The van der Waals surface area contributed by atoms with Crippen LogP contribution in [0.4, 0.5) is 11.6 Å². The second-order valence-electron chi connectivity index (χ2n) is 5.93. The summed E-state index contributed by atoms with van der Waals surface area (Å²) in [6, 6.07) is 13.5. The first-order valence-corrected chi connectivity index (χ1v) is 8.44. The highest BCUT2D eigenvalue weighted by molar-refractivity contribution is 6.27. The Labute approximate surface area is 170 Å². The summed E-state index contributed by atoms with van der Waals surface area (Å²) in [5.74, 6) is -2.82. The molecule has 3 rings (SSSR count). The standard InChI is InChI=1S/C17H16N4O3.C2H2O4/c1-20-15(12-6-4-7-14(9-12)21(23)24)11-19-17(20)18-10-13-5-2-3-8-16(13)22;3-1(4)2(5)6/h2-9,11,22H,10H2,1H3,(H,18,19);(H,3,4)(H,5,6). The molecular weight excluding hydrogens is 396 g/mol. The average Bonchev–Trinajstić information content (AvgIpc) is 3.08. The largest absolute Gasteiger partial charge is 0.508 e. The van der Waals surface area contributed by atoms with Crippen LogP contribution in [0, 0.1) is 10.1 Å². The fraction of sp³-hybridized carbons (Fsp3) is 0.105. The van der Waals surface area contributed by atoms with Crippen molar-refractivity contribution < 1.29 is 29.8 Å². The van der Waals surface area contributed by atoms with E-state index in [4.69, 9.17) is 19.8 Å². The molecule has 30 heavy (non-hydrogen) atoms. The third kappa shape index (κ3) is 5.55. The van der Waals surface area contributed by atoms with Gasteiger partial charge in [0, 0.05) is 36.9 Å². The molecule has 156 valence electrons. The third-order valence-electron chi connectivity index (χ3n) is 3.95. The van der Waals surface area contributed by atoms with Gasteiger partial charge in [0.25, 0.3) is 5.69 Å². The van der Waals surface area contributed by atoms with E-state index in [1.807, 2.05) is 23.7 Å². The Morgan fingerprint density at radius 3 is 2.40 bits per heavy atom. The first-order chi connectivity index (χ1) is 14.2. The van der Waals surface area contributed by atoms with E-state index in [0.29, 0.717) is 12.5 Å². The van der Waals surface area contributed by atoms with Crippen LogP contribution in [0.5, 0.6) is 5.75 Å². The highest BCUT2D eigenvalue weighted by Gasteiger charge is 2.12. The smallest absolute Gasteiger partial charge is 0.414 e. The minimum atomic E-state index is -1.82. The van der Waals surface area contributed by atoms with Gasteiger partial charge in [0.2, 0.25) is 5.95 Å². The minimum Gasteiger partial charge on any atom is -0.508 e. The molecule has 1 aromatic heterocycles. The lowest BCUT2D eigenvalue weighted by Crippen LogP contribution is -2.09. The van der Waals surface area contributed by atoms with Gasteiger partial charge in [0.15, 0.2) is 0 Å². The Morgan fingerprint density at radius 1 is 1.13 bits per heavy atom. The molecule has 2 aromatic carbocycles. The molecule has 0 aliphatic carbocycles. The summed E-state index contributed by atoms with van der Waals surface area (Å²) in [5.41, 5.74) is 2.28. The van der Waals surface area contributed by atoms with Gasteiger partial charge in [-0.05, 0) is 6.07 Å². The zero-order chi connectivity index (χ0) is 22.3. The van der Waals surface area contributed by atoms with E-state index in [1.165, 1.54) is 12.1 Å². The number of aromatic hydroxyl groups is 1. The summed E-state index contributed by atoms with van der Waals surface area (Å²) < 4.78 is 1.82. The first kappa shape index (κ1) is 21.9. The molecule has 0 spiro atoms. The molecule has 0 bridgehead atoms. The van der Waals surface area contributed by atoms with E-state index in [-0.39, 0.29) is 11.4 Å². The van der Waals surface area contributed by atoms with E-state index in [9.17, 15) is 15.2 Å². The number of carboxylic acids is 2. The number of nitro groups is 1. The molecule has 0 atom stereocenters. The molecule has 0 radical (unpaired) electrons. The monoisotopic (exact) mass is 414 g/mol. The van der Waals surface area contributed by atoms with Crippen LogP contribution in [0.15, 0.2) is 54.7 Å². The Hall–Kier alpha value is -4.41. The van der Waals surface area contributed by atoms with Crippen LogP contribution < -0.4 is 5.32 Å². The quantitative estimate of drug-likeness (QED) is 0.278. The predicted molar refractivity (Wildman–Crippen MR) is 106 cm³/mol. The SMILES string of the molecule is Cn1c(-c2cccc([N+](=O)[O-])c2)cnc1NCc1ccccc1O.O=C(O)C(=O)O. The lowest BCUT2D eigenvalue weighted by Gasteiger charge is -2.09. The maximum Gasteiger partial charge on any atom is 0.414 e. The molecule has 0 saturated carbocycles. The van der Waals surface area contributed by atoms with Crippen LogP contribution in [-0.2, 0) is 23.2 Å². The lowest BCUT2D eigenvalue weighted by molar-refractivity contribution is -0.384. The van der Waals surface area contributed by atoms with Crippen molar-refractivity contribution in [2.75, 3.05) is 5.32 Å². The lowest BCUT2D eigenvalue weighted by atomic mass is 10.1. The normalized spacial score (nSPS) is 9.90. The van der Waals surface area contributed by atoms with E-state index < -0.39 is 16.9 Å². The molecule has 0 aliphatic heterocycles. The maximum atomic E-state index is 10.9. The number of phenols is 1. The number of rotatable bonds is 5. The number of carbonyl (C=O) groups is 2. The van der Waals surface area contributed by atoms with Crippen LogP contribution in [0.2, 0.25) is 0 Å². The van der Waals surface area contributed by atoms with Crippen molar-refractivity contribution in [1.82, 2.24) is 9.55 Å². The summed E-state index contributed by atoms with van der Waals surface area (Å²) >= 11 is 0. The van der Waals surface area contributed by atoms with Crippen LogP contribution in [0.25, 0.3) is 11.3 Å². The predicted octanol–water partition coefficient (Wildman–Crippen LogP) is 2.47. The second kappa shape index (κ2) is 9.68. The molecule has 0 fully saturated rings. The summed E-state index contributed by atoms with van der Waals surface area (Å²) in [6.45, 7) is 0.423. The number of aromatic nitrogens is 2. The van der Waals surface area contributed by atoms with E-state index in [1.54, 1.807) is 30.5 Å². The van der Waals surface area contributed by atoms with Gasteiger partial charge in [-0.1, -0.05) is 30.3 Å². The number of benzene rings is 2. The number of aliphatic carboxylic acids is 2. The highest BCUT2D eigenvalue weighted by Crippen LogP contribution is 2.26. The number of anilines is 1. The van der Waals surface area contributed by atoms with Crippen LogP contribution in [-0.4, -0.2) is 41.7 Å². The van der Waals surface area contributed by atoms with Crippen LogP contribution in [0.1, 0.15) is 5.56 Å². The number of phenolic OH excluding ortho intramolecular Hbond substituents is 1. The molecule has 11 nitrogen and oxygen atoms in total. The zero-order valence-corrected chi connectivity index (χ0v) is 15.7. The summed E-state index contributed by atoms with van der Waals surface area (Å²) in [4.78, 5) is 33.0. The van der Waals surface area contributed by atoms with E-state index >= 15 is 0 Å². The topological polar surface area (TPSA) is 168 Å². The fourth-order valence-electron chi connectivity index (χ4n) is 2.46. The van der Waals surface area contributed by atoms with Gasteiger partial charge < -0.3 is 25.2 Å². The number of hydrogen-bond acceptors (Lipinski definition) is 7. The Kier molecular flexibility index (Phi) is 7.06. The van der Waals surface area contributed by atoms with Crippen molar-refractivity contribution >= 4 is 23.6 Å². The summed E-state index contributed by atoms with van der Waals surface area (Å²) in [5, 5.41) is 38.6. The number of carboxylic acid groups (broad SMARTS) is 2. The number of para-hydroxylation sites is 1. The molecule has 0 unspecified atom stereocenters. The van der Waals surface area contributed by atoms with Crippen molar-refractivity contribution in [2.24, 2.45) is 7.05 Å². The molecule has 0 aliphatic rings. The Balaban J connectivity index is 0.000000469. The van der Waals surface area contributed by atoms with Gasteiger partial charge in [-0.25, -0.2) is 14.6 Å². The second-order valence-corrected chi connectivity index (χ2v) is 5.93. The number of nitro benzene ring substituents is 1. The number of nitrogens with one attached hydrogen (secondary N) is 1. The van der Waals surface area contributed by atoms with E-state index in [0.717, 1.165) is 16.8 Å². The molecule has 1 heterocycles. The Morgan fingerprint density at radius 2 is 1.80 bits per heavy atom. The van der Waals surface area contributed by atoms with Crippen molar-refractivity contribution in [1.29, 1.82) is 0 Å². The number of imidazole rings is 1. The molecule has 11 heteroatoms. The average molecular weight is 414 g/mol. The van der Waals surface area contributed by atoms with Crippen molar-refractivity contribution in [3.05, 3.63) is 70.4 Å². The number of nitrogens with zero attached hydrogens (tertiary/aromatic N) is 3. The van der Waals surface area contributed by atoms with Gasteiger partial charge >= 0.3 is 11.9 Å². The van der Waals surface area contributed by atoms with E-state index in [2.05, 4.69) is 10.3 Å². The van der Waals surface area contributed by atoms with Gasteiger partial charge in [-0.2, -0.15) is 0 Å². The third-order valence-corrected chi connectivity index (χ3v) is 3.95. The minimum absolute atomic E-state index is 0.0393. The van der Waals surface area contributed by atoms with Crippen LogP contribution >= 0.6 is 0 Å². The van der Waals surface area contributed by atoms with Crippen molar-refractivity contribution in [2.45, 2.75) is 6.54 Å². The van der Waals surface area contributed by atoms with Crippen molar-refractivity contribution in [3.8, 4) is 17.0 Å². The molecule has 0 amide bonds. The number of non-ortho nitro benzene ring substituents is 1. The first-order valence-electron chi connectivity index (χ1n) is 8.44. The summed E-state index contributed by atoms with van der Waals surface area (Å²) in [6.07, 6.45) is 1.66. The van der Waals surface area contributed by atoms with Crippen LogP contribution in [0.3, 0.4) is 0 Å². The highest BCUT2D eigenvalue weighted by atomic mass is 16.6. The Bertz CT molecular complexity index is 1070. The summed E-state index contributed by atoms with van der Waals surface area (Å²) in [7, 11) is 1.83. The van der Waals surface area contributed by atoms with Gasteiger partial charge in [0.1, 0.15) is 5.75 Å². The number of hydrogen-bond donors (Lipinski definition) is 4. The van der Waals surface area contributed by atoms with Gasteiger partial charge in [-0.15, -0.1) is 0 Å². The fourth-order valence-corrected chi connectivity index (χ4v) is 2.46. The van der Waals surface area contributed by atoms with Gasteiger partial charge in [-0.3, -0.25) is 10.1 Å². The molecule has 0 saturated heterocycles. The van der Waals surface area contributed by atoms with Gasteiger partial charge in [0.05, 0.1) is 16.8 Å². The molecule has 3 aromatic rings. The zero-order valence-electron chi connectivity index (χ0n) is 15.7.